The minimum atomic E-state index is -0.951. The van der Waals surface area contributed by atoms with Gasteiger partial charge in [-0.1, -0.05) is 58.4 Å². The molecule has 212 valence electrons. The normalized spacial score (nSPS) is 52.0. The van der Waals surface area contributed by atoms with Crippen molar-refractivity contribution in [2.24, 2.45) is 50.7 Å². The van der Waals surface area contributed by atoms with Crippen molar-refractivity contribution in [3.63, 3.8) is 0 Å². The average Bonchev–Trinajstić information content (AvgIpc) is 2.84. The number of aliphatic hydroxyl groups is 2. The number of hydrogen-bond acceptors (Lipinski definition) is 5. The SMILES string of the molecule is C=C1C(C)CCC2(C(=O)O)CCC3(C)C(=CCC4C5(C)CC(O)C(O)C(C)(COC(C)=O)C5CCC43C)C12. The van der Waals surface area contributed by atoms with Gasteiger partial charge in [-0.05, 0) is 85.4 Å². The van der Waals surface area contributed by atoms with Gasteiger partial charge in [-0.15, -0.1) is 0 Å². The lowest BCUT2D eigenvalue weighted by atomic mass is 9.33. The summed E-state index contributed by atoms with van der Waals surface area (Å²) in [6, 6.07) is 0. The molecular weight excluding hydrogens is 480 g/mol. The van der Waals surface area contributed by atoms with Crippen LogP contribution >= 0.6 is 0 Å². The Bertz CT molecular complexity index is 1080. The predicted octanol–water partition coefficient (Wildman–Crippen LogP) is 5.52. The average molecular weight is 529 g/mol. The standard InChI is InChI=1S/C32H48O6/c1-18-10-13-32(27(36)37)15-14-30(6)21(25(32)19(18)2)8-9-24-28(4)16-22(34)26(35)29(5,17-38-20(3)33)23(28)11-12-31(24,30)7/h8,18,22-26,34-35H,2,9-17H2,1,3-7H3,(H,36,37). The highest BCUT2D eigenvalue weighted by atomic mass is 16.5. The van der Waals surface area contributed by atoms with Gasteiger partial charge in [0.25, 0.3) is 0 Å². The van der Waals surface area contributed by atoms with E-state index in [9.17, 15) is 24.9 Å². The molecule has 11 atom stereocenters. The number of fused-ring (bicyclic) bond motifs is 7. The summed E-state index contributed by atoms with van der Waals surface area (Å²) in [7, 11) is 0. The van der Waals surface area contributed by atoms with Crippen molar-refractivity contribution in [2.75, 3.05) is 6.61 Å². The maximum absolute atomic E-state index is 12.8. The Balaban J connectivity index is 1.60. The molecule has 6 heteroatoms. The van der Waals surface area contributed by atoms with Gasteiger partial charge in [0.2, 0.25) is 0 Å². The van der Waals surface area contributed by atoms with Gasteiger partial charge in [-0.25, -0.2) is 0 Å². The second-order valence-corrected chi connectivity index (χ2v) is 14.7. The molecule has 0 heterocycles. The number of hydrogen-bond donors (Lipinski definition) is 3. The molecule has 5 rings (SSSR count). The highest BCUT2D eigenvalue weighted by molar-refractivity contribution is 5.77. The van der Waals surface area contributed by atoms with E-state index in [2.05, 4.69) is 40.3 Å². The number of allylic oxidation sites excluding steroid dienone is 3. The van der Waals surface area contributed by atoms with Gasteiger partial charge in [0.15, 0.2) is 0 Å². The fourth-order valence-electron chi connectivity index (χ4n) is 10.8. The largest absolute Gasteiger partial charge is 0.481 e. The van der Waals surface area contributed by atoms with E-state index in [-0.39, 0.29) is 46.6 Å². The summed E-state index contributed by atoms with van der Waals surface area (Å²) in [6.07, 6.45) is 6.80. The van der Waals surface area contributed by atoms with Crippen LogP contribution in [0, 0.1) is 50.7 Å². The number of esters is 1. The first-order valence-corrected chi connectivity index (χ1v) is 14.7. The van der Waals surface area contributed by atoms with Crippen LogP contribution in [0.5, 0.6) is 0 Å². The minimum Gasteiger partial charge on any atom is -0.481 e. The summed E-state index contributed by atoms with van der Waals surface area (Å²) in [4.78, 5) is 24.6. The number of ether oxygens (including phenoxy) is 1. The summed E-state index contributed by atoms with van der Waals surface area (Å²) in [5, 5.41) is 32.9. The number of carboxylic acid groups (broad SMARTS) is 1. The van der Waals surface area contributed by atoms with Crippen LogP contribution in [0.4, 0.5) is 0 Å². The molecule has 4 fully saturated rings. The van der Waals surface area contributed by atoms with Crippen molar-refractivity contribution in [1.82, 2.24) is 0 Å². The predicted molar refractivity (Wildman–Crippen MR) is 145 cm³/mol. The van der Waals surface area contributed by atoms with Crippen LogP contribution in [0.1, 0.15) is 92.9 Å². The second kappa shape index (κ2) is 8.67. The molecule has 0 amide bonds. The summed E-state index contributed by atoms with van der Waals surface area (Å²) in [5.41, 5.74) is 0.378. The molecule has 5 aliphatic carbocycles. The Morgan fingerprint density at radius 2 is 1.74 bits per heavy atom. The third-order valence-corrected chi connectivity index (χ3v) is 13.2. The summed E-state index contributed by atoms with van der Waals surface area (Å²) < 4.78 is 5.49. The molecule has 0 saturated heterocycles. The van der Waals surface area contributed by atoms with Crippen molar-refractivity contribution in [1.29, 1.82) is 0 Å². The zero-order chi connectivity index (χ0) is 28.1. The van der Waals surface area contributed by atoms with Crippen LogP contribution in [-0.4, -0.2) is 46.1 Å². The molecule has 0 bridgehead atoms. The Morgan fingerprint density at radius 3 is 2.37 bits per heavy atom. The molecule has 0 aromatic carbocycles. The topological polar surface area (TPSA) is 104 Å². The van der Waals surface area contributed by atoms with Crippen LogP contribution < -0.4 is 0 Å². The fourth-order valence-corrected chi connectivity index (χ4v) is 10.8. The van der Waals surface area contributed by atoms with Crippen molar-refractivity contribution >= 4 is 11.9 Å². The van der Waals surface area contributed by atoms with E-state index in [1.54, 1.807) is 0 Å². The Labute approximate surface area is 227 Å². The van der Waals surface area contributed by atoms with E-state index in [4.69, 9.17) is 4.74 Å². The quantitative estimate of drug-likeness (QED) is 0.329. The van der Waals surface area contributed by atoms with Crippen molar-refractivity contribution < 1.29 is 29.6 Å². The summed E-state index contributed by atoms with van der Waals surface area (Å²) >= 11 is 0. The maximum Gasteiger partial charge on any atom is 0.310 e. The van der Waals surface area contributed by atoms with E-state index in [1.807, 2.05) is 6.92 Å². The fraction of sp³-hybridized carbons (Fsp3) is 0.812. The lowest BCUT2D eigenvalue weighted by molar-refractivity contribution is -0.245. The van der Waals surface area contributed by atoms with Gasteiger partial charge in [-0.3, -0.25) is 9.59 Å². The van der Waals surface area contributed by atoms with Crippen molar-refractivity contribution in [2.45, 2.75) is 105 Å². The van der Waals surface area contributed by atoms with E-state index >= 15 is 0 Å². The van der Waals surface area contributed by atoms with Gasteiger partial charge in [0.05, 0.1) is 24.2 Å². The number of carboxylic acids is 1. The Morgan fingerprint density at radius 1 is 1.05 bits per heavy atom. The zero-order valence-corrected chi connectivity index (χ0v) is 24.2. The molecule has 5 aliphatic rings. The van der Waals surface area contributed by atoms with Gasteiger partial charge in [0.1, 0.15) is 0 Å². The van der Waals surface area contributed by atoms with Crippen LogP contribution in [0.3, 0.4) is 0 Å². The van der Waals surface area contributed by atoms with Crippen LogP contribution in [0.25, 0.3) is 0 Å². The third-order valence-electron chi connectivity index (χ3n) is 13.2. The molecule has 0 aromatic rings. The molecule has 6 nitrogen and oxygen atoms in total. The number of aliphatic hydroxyl groups excluding tert-OH is 2. The second-order valence-electron chi connectivity index (χ2n) is 14.7. The maximum atomic E-state index is 12.8. The van der Waals surface area contributed by atoms with E-state index in [0.717, 1.165) is 37.7 Å². The highest BCUT2D eigenvalue weighted by Crippen LogP contribution is 2.75. The Hall–Kier alpha value is -1.66. The molecule has 38 heavy (non-hydrogen) atoms. The number of carbonyl (C=O) groups excluding carboxylic acids is 1. The van der Waals surface area contributed by atoms with Gasteiger partial charge in [-0.2, -0.15) is 0 Å². The Kier molecular flexibility index (Phi) is 6.36. The minimum absolute atomic E-state index is 0.0850. The number of rotatable bonds is 3. The number of aliphatic carboxylic acids is 1. The van der Waals surface area contributed by atoms with Crippen molar-refractivity contribution in [3.8, 4) is 0 Å². The van der Waals surface area contributed by atoms with Gasteiger partial charge < -0.3 is 20.1 Å². The molecule has 11 unspecified atom stereocenters. The van der Waals surface area contributed by atoms with Crippen LogP contribution in [-0.2, 0) is 14.3 Å². The first-order valence-electron chi connectivity index (χ1n) is 14.7. The summed E-state index contributed by atoms with van der Waals surface area (Å²) in [6.45, 7) is 17.2. The molecule has 0 radical (unpaired) electrons. The lowest BCUT2D eigenvalue weighted by Crippen LogP contribution is -2.68. The molecular formula is C32H48O6. The first-order chi connectivity index (χ1) is 17.6. The number of carbonyl (C=O) groups is 2. The zero-order valence-electron chi connectivity index (χ0n) is 24.2. The molecule has 4 saturated carbocycles. The summed E-state index contributed by atoms with van der Waals surface area (Å²) in [5.74, 6) is -0.509. The molecule has 0 spiro atoms. The van der Waals surface area contributed by atoms with E-state index in [1.165, 1.54) is 12.5 Å². The van der Waals surface area contributed by atoms with Crippen LogP contribution in [0.15, 0.2) is 23.8 Å². The third kappa shape index (κ3) is 3.38. The molecule has 0 aliphatic heterocycles. The van der Waals surface area contributed by atoms with Gasteiger partial charge >= 0.3 is 11.9 Å². The van der Waals surface area contributed by atoms with E-state index in [0.29, 0.717) is 25.2 Å². The van der Waals surface area contributed by atoms with E-state index < -0.39 is 29.0 Å². The smallest absolute Gasteiger partial charge is 0.310 e. The lowest BCUT2D eigenvalue weighted by Gasteiger charge is -2.71. The van der Waals surface area contributed by atoms with Gasteiger partial charge in [0, 0.05) is 18.3 Å². The molecule has 0 aromatic heterocycles. The first kappa shape index (κ1) is 27.9. The highest BCUT2D eigenvalue weighted by Gasteiger charge is 2.70. The monoisotopic (exact) mass is 528 g/mol. The van der Waals surface area contributed by atoms with Crippen LogP contribution in [0.2, 0.25) is 0 Å². The molecule has 3 N–H and O–H groups in total. The van der Waals surface area contributed by atoms with Crippen molar-refractivity contribution in [3.05, 3.63) is 23.8 Å².